The third kappa shape index (κ3) is 2.59. The molecule has 1 heterocycles. The molecule has 0 saturated carbocycles. The molecule has 100 valence electrons. The first kappa shape index (κ1) is 13.5. The van der Waals surface area contributed by atoms with Crippen LogP contribution in [-0.2, 0) is 10.0 Å². The molecule has 0 radical (unpaired) electrons. The lowest BCUT2D eigenvalue weighted by Gasteiger charge is -2.11. The highest BCUT2D eigenvalue weighted by atomic mass is 32.2. The standard InChI is InChI=1S/C13H14N2O3S/c1-14-19(16,17)12-8-5-9-15-13(12)10-6-3-4-7-11(10)18-2/h3-9,14H,1-2H3. The molecule has 6 heteroatoms. The van der Waals surface area contributed by atoms with Gasteiger partial charge in [0.05, 0.1) is 12.8 Å². The van der Waals surface area contributed by atoms with Gasteiger partial charge in [-0.15, -0.1) is 0 Å². The fraction of sp³-hybridized carbons (Fsp3) is 0.154. The summed E-state index contributed by atoms with van der Waals surface area (Å²) in [5.41, 5.74) is 1.01. The van der Waals surface area contributed by atoms with Crippen molar-refractivity contribution in [3.8, 4) is 17.0 Å². The number of benzene rings is 1. The number of hydrogen-bond acceptors (Lipinski definition) is 4. The average molecular weight is 278 g/mol. The van der Waals surface area contributed by atoms with E-state index in [1.54, 1.807) is 24.4 Å². The highest BCUT2D eigenvalue weighted by Gasteiger charge is 2.20. The molecule has 0 fully saturated rings. The summed E-state index contributed by atoms with van der Waals surface area (Å²) >= 11 is 0. The van der Waals surface area contributed by atoms with Crippen LogP contribution in [0, 0.1) is 0 Å². The zero-order chi connectivity index (χ0) is 13.9. The zero-order valence-corrected chi connectivity index (χ0v) is 11.4. The molecule has 0 aliphatic carbocycles. The molecule has 1 N–H and O–H groups in total. The Hall–Kier alpha value is -1.92. The highest BCUT2D eigenvalue weighted by molar-refractivity contribution is 7.89. The number of ether oxygens (including phenoxy) is 1. The summed E-state index contributed by atoms with van der Waals surface area (Å²) < 4.78 is 31.5. The van der Waals surface area contributed by atoms with Crippen molar-refractivity contribution in [2.24, 2.45) is 0 Å². The molecule has 0 aliphatic rings. The molecule has 0 amide bonds. The SMILES string of the molecule is CNS(=O)(=O)c1cccnc1-c1ccccc1OC. The van der Waals surface area contributed by atoms with E-state index < -0.39 is 10.0 Å². The summed E-state index contributed by atoms with van der Waals surface area (Å²) in [7, 11) is -0.665. The van der Waals surface area contributed by atoms with E-state index >= 15 is 0 Å². The number of methoxy groups -OCH3 is 1. The van der Waals surface area contributed by atoms with Crippen molar-refractivity contribution >= 4 is 10.0 Å². The Morgan fingerprint density at radius 2 is 1.89 bits per heavy atom. The lowest BCUT2D eigenvalue weighted by atomic mass is 10.1. The quantitative estimate of drug-likeness (QED) is 0.923. The number of pyridine rings is 1. The van der Waals surface area contributed by atoms with Gasteiger partial charge in [-0.2, -0.15) is 0 Å². The first-order chi connectivity index (χ1) is 9.10. The molecule has 0 bridgehead atoms. The van der Waals surface area contributed by atoms with E-state index in [4.69, 9.17) is 4.74 Å². The minimum atomic E-state index is -3.57. The van der Waals surface area contributed by atoms with Crippen molar-refractivity contribution in [3.63, 3.8) is 0 Å². The predicted molar refractivity (Wildman–Crippen MR) is 72.5 cm³/mol. The molecule has 1 aromatic heterocycles. The molecule has 19 heavy (non-hydrogen) atoms. The van der Waals surface area contributed by atoms with Crippen LogP contribution in [0.3, 0.4) is 0 Å². The lowest BCUT2D eigenvalue weighted by Crippen LogP contribution is -2.19. The first-order valence-electron chi connectivity index (χ1n) is 5.62. The van der Waals surface area contributed by atoms with Gasteiger partial charge in [-0.25, -0.2) is 13.1 Å². The predicted octanol–water partition coefficient (Wildman–Crippen LogP) is 1.67. The van der Waals surface area contributed by atoms with E-state index in [1.165, 1.54) is 20.2 Å². The Balaban J connectivity index is 2.70. The Bertz CT molecular complexity index is 684. The summed E-state index contributed by atoms with van der Waals surface area (Å²) in [6, 6.07) is 10.3. The average Bonchev–Trinajstić information content (AvgIpc) is 2.47. The summed E-state index contributed by atoms with van der Waals surface area (Å²) in [6.45, 7) is 0. The van der Waals surface area contributed by atoms with Gasteiger partial charge in [-0.3, -0.25) is 4.98 Å². The summed E-state index contributed by atoms with van der Waals surface area (Å²) in [5.74, 6) is 0.578. The molecule has 0 spiro atoms. The van der Waals surface area contributed by atoms with Crippen molar-refractivity contribution in [2.45, 2.75) is 4.90 Å². The monoisotopic (exact) mass is 278 g/mol. The summed E-state index contributed by atoms with van der Waals surface area (Å²) in [4.78, 5) is 4.30. The van der Waals surface area contributed by atoms with E-state index in [9.17, 15) is 8.42 Å². The second-order valence-corrected chi connectivity index (χ2v) is 5.61. The number of hydrogen-bond donors (Lipinski definition) is 1. The van der Waals surface area contributed by atoms with Crippen LogP contribution in [0.25, 0.3) is 11.3 Å². The van der Waals surface area contributed by atoms with Crippen LogP contribution in [0.2, 0.25) is 0 Å². The maximum atomic E-state index is 12.0. The number of nitrogens with zero attached hydrogens (tertiary/aromatic N) is 1. The molecule has 0 atom stereocenters. The van der Waals surface area contributed by atoms with Crippen LogP contribution >= 0.6 is 0 Å². The Labute approximate surface area is 112 Å². The molecular weight excluding hydrogens is 264 g/mol. The minimum Gasteiger partial charge on any atom is -0.496 e. The summed E-state index contributed by atoms with van der Waals surface area (Å²) in [5, 5.41) is 0. The maximum Gasteiger partial charge on any atom is 0.242 e. The van der Waals surface area contributed by atoms with Crippen molar-refractivity contribution in [2.75, 3.05) is 14.2 Å². The number of nitrogens with one attached hydrogen (secondary N) is 1. The molecule has 5 nitrogen and oxygen atoms in total. The van der Waals surface area contributed by atoms with Gasteiger partial charge in [-0.1, -0.05) is 12.1 Å². The van der Waals surface area contributed by atoms with Crippen LogP contribution < -0.4 is 9.46 Å². The Morgan fingerprint density at radius 1 is 1.16 bits per heavy atom. The third-order valence-corrected chi connectivity index (χ3v) is 4.14. The topological polar surface area (TPSA) is 68.3 Å². The van der Waals surface area contributed by atoms with Gasteiger partial charge in [0.15, 0.2) is 0 Å². The van der Waals surface area contributed by atoms with Crippen LogP contribution in [0.1, 0.15) is 0 Å². The van der Waals surface area contributed by atoms with Crippen LogP contribution in [-0.4, -0.2) is 27.6 Å². The van der Waals surface area contributed by atoms with Gasteiger partial charge in [0.25, 0.3) is 0 Å². The van der Waals surface area contributed by atoms with Crippen LogP contribution in [0.15, 0.2) is 47.5 Å². The smallest absolute Gasteiger partial charge is 0.242 e. The van der Waals surface area contributed by atoms with Gasteiger partial charge in [-0.05, 0) is 31.3 Å². The van der Waals surface area contributed by atoms with Gasteiger partial charge >= 0.3 is 0 Å². The normalized spacial score (nSPS) is 11.3. The second kappa shape index (κ2) is 5.38. The number of sulfonamides is 1. The van der Waals surface area contributed by atoms with E-state index in [1.807, 2.05) is 12.1 Å². The van der Waals surface area contributed by atoms with Gasteiger partial charge in [0.1, 0.15) is 10.6 Å². The second-order valence-electron chi connectivity index (χ2n) is 3.76. The van der Waals surface area contributed by atoms with Crippen LogP contribution in [0.4, 0.5) is 0 Å². The number of rotatable bonds is 4. The third-order valence-electron chi connectivity index (χ3n) is 2.69. The number of para-hydroxylation sites is 1. The van der Waals surface area contributed by atoms with Gasteiger partial charge in [0, 0.05) is 11.8 Å². The van der Waals surface area contributed by atoms with E-state index in [-0.39, 0.29) is 4.90 Å². The molecule has 1 aromatic carbocycles. The zero-order valence-electron chi connectivity index (χ0n) is 10.6. The maximum absolute atomic E-state index is 12.0. The van der Waals surface area contributed by atoms with Gasteiger partial charge in [0.2, 0.25) is 10.0 Å². The highest BCUT2D eigenvalue weighted by Crippen LogP contribution is 2.32. The largest absolute Gasteiger partial charge is 0.496 e. The fourth-order valence-electron chi connectivity index (χ4n) is 1.76. The summed E-state index contributed by atoms with van der Waals surface area (Å²) in [6.07, 6.45) is 1.55. The van der Waals surface area contributed by atoms with Crippen LogP contribution in [0.5, 0.6) is 5.75 Å². The van der Waals surface area contributed by atoms with Crippen molar-refractivity contribution in [3.05, 3.63) is 42.6 Å². The molecule has 0 aliphatic heterocycles. The molecule has 2 aromatic rings. The fourth-order valence-corrected chi connectivity index (χ4v) is 2.65. The van der Waals surface area contributed by atoms with Crippen molar-refractivity contribution in [1.29, 1.82) is 0 Å². The van der Waals surface area contributed by atoms with E-state index in [2.05, 4.69) is 9.71 Å². The molecule has 2 rings (SSSR count). The molecule has 0 unspecified atom stereocenters. The number of aromatic nitrogens is 1. The molecule has 0 saturated heterocycles. The van der Waals surface area contributed by atoms with Gasteiger partial charge < -0.3 is 4.74 Å². The molecular formula is C13H14N2O3S. The van der Waals surface area contributed by atoms with E-state index in [0.29, 0.717) is 17.0 Å². The first-order valence-corrected chi connectivity index (χ1v) is 7.10. The Morgan fingerprint density at radius 3 is 2.58 bits per heavy atom. The Kier molecular flexibility index (Phi) is 3.82. The van der Waals surface area contributed by atoms with Crippen molar-refractivity contribution < 1.29 is 13.2 Å². The van der Waals surface area contributed by atoms with Crippen molar-refractivity contribution in [1.82, 2.24) is 9.71 Å². The minimum absolute atomic E-state index is 0.127. The lowest BCUT2D eigenvalue weighted by molar-refractivity contribution is 0.416. The van der Waals surface area contributed by atoms with E-state index in [0.717, 1.165) is 0 Å².